The minimum Gasteiger partial charge on any atom is -0.384 e. The molecule has 3 aromatic rings. The van der Waals surface area contributed by atoms with Crippen LogP contribution in [0.3, 0.4) is 0 Å². The standard InChI is InChI=1S/C20H24N4O/c1-23-10-16(9-21-23)19-13-24(11-17(19)14-25-2)12-18-8-7-15-5-3-4-6-20(15)22-18/h3-10,17,19H,11-14H2,1-2H3/t17-,19-/m0/s1. The van der Waals surface area contributed by atoms with Gasteiger partial charge in [0.05, 0.1) is 24.0 Å². The van der Waals surface area contributed by atoms with Crippen molar-refractivity contribution in [2.75, 3.05) is 26.8 Å². The molecule has 0 unspecified atom stereocenters. The molecule has 2 aromatic heterocycles. The maximum absolute atomic E-state index is 5.47. The van der Waals surface area contributed by atoms with Crippen LogP contribution in [-0.2, 0) is 18.3 Å². The average Bonchev–Trinajstić information content (AvgIpc) is 3.21. The molecule has 0 spiro atoms. The summed E-state index contributed by atoms with van der Waals surface area (Å²) in [5, 5.41) is 5.54. The fourth-order valence-corrected chi connectivity index (χ4v) is 3.91. The van der Waals surface area contributed by atoms with Crippen molar-refractivity contribution in [3.63, 3.8) is 0 Å². The molecule has 2 atom stereocenters. The van der Waals surface area contributed by atoms with E-state index in [1.165, 1.54) is 10.9 Å². The van der Waals surface area contributed by atoms with Gasteiger partial charge in [-0.25, -0.2) is 0 Å². The van der Waals surface area contributed by atoms with E-state index in [2.05, 4.69) is 46.5 Å². The Morgan fingerprint density at radius 3 is 2.84 bits per heavy atom. The highest BCUT2D eigenvalue weighted by Crippen LogP contribution is 2.33. The quantitative estimate of drug-likeness (QED) is 0.719. The van der Waals surface area contributed by atoms with Crippen LogP contribution in [0.2, 0.25) is 0 Å². The molecule has 0 bridgehead atoms. The number of methoxy groups -OCH3 is 1. The minimum absolute atomic E-state index is 0.467. The third kappa shape index (κ3) is 3.43. The van der Waals surface area contributed by atoms with E-state index in [9.17, 15) is 0 Å². The van der Waals surface area contributed by atoms with E-state index >= 15 is 0 Å². The Balaban J connectivity index is 1.52. The summed E-state index contributed by atoms with van der Waals surface area (Å²) < 4.78 is 7.35. The summed E-state index contributed by atoms with van der Waals surface area (Å²) in [6.45, 7) is 3.71. The molecule has 1 saturated heterocycles. The number of aryl methyl sites for hydroxylation is 1. The molecule has 0 N–H and O–H groups in total. The number of rotatable bonds is 5. The van der Waals surface area contributed by atoms with Gasteiger partial charge in [-0.3, -0.25) is 14.6 Å². The fourth-order valence-electron chi connectivity index (χ4n) is 3.91. The topological polar surface area (TPSA) is 43.2 Å². The molecular formula is C20H24N4O. The number of fused-ring (bicyclic) bond motifs is 1. The molecule has 0 amide bonds. The monoisotopic (exact) mass is 336 g/mol. The zero-order chi connectivity index (χ0) is 17.2. The van der Waals surface area contributed by atoms with Crippen LogP contribution in [0.5, 0.6) is 0 Å². The van der Waals surface area contributed by atoms with Crippen molar-refractivity contribution in [1.29, 1.82) is 0 Å². The van der Waals surface area contributed by atoms with Crippen LogP contribution >= 0.6 is 0 Å². The van der Waals surface area contributed by atoms with Gasteiger partial charge >= 0.3 is 0 Å². The number of hydrogen-bond donors (Lipinski definition) is 0. The van der Waals surface area contributed by atoms with Gasteiger partial charge in [0.2, 0.25) is 0 Å². The van der Waals surface area contributed by atoms with Crippen molar-refractivity contribution in [2.24, 2.45) is 13.0 Å². The largest absolute Gasteiger partial charge is 0.384 e. The number of hydrogen-bond acceptors (Lipinski definition) is 4. The second-order valence-electron chi connectivity index (χ2n) is 6.96. The van der Waals surface area contributed by atoms with Crippen LogP contribution in [0.15, 0.2) is 48.8 Å². The molecule has 1 aliphatic rings. The van der Waals surface area contributed by atoms with Crippen LogP contribution in [0.25, 0.3) is 10.9 Å². The second-order valence-corrected chi connectivity index (χ2v) is 6.96. The first-order valence-corrected chi connectivity index (χ1v) is 8.77. The zero-order valence-corrected chi connectivity index (χ0v) is 14.8. The van der Waals surface area contributed by atoms with Crippen LogP contribution in [0.4, 0.5) is 0 Å². The molecule has 5 heteroatoms. The Morgan fingerprint density at radius 2 is 2.04 bits per heavy atom. The number of benzene rings is 1. The number of ether oxygens (including phenoxy) is 1. The van der Waals surface area contributed by atoms with Gasteiger partial charge in [-0.1, -0.05) is 24.3 Å². The van der Waals surface area contributed by atoms with Gasteiger partial charge in [0.1, 0.15) is 0 Å². The molecule has 1 aromatic carbocycles. The number of nitrogens with zero attached hydrogens (tertiary/aromatic N) is 4. The lowest BCUT2D eigenvalue weighted by atomic mass is 9.92. The van der Waals surface area contributed by atoms with E-state index in [1.54, 1.807) is 7.11 Å². The normalized spacial score (nSPS) is 21.2. The maximum atomic E-state index is 5.47. The highest BCUT2D eigenvalue weighted by atomic mass is 16.5. The molecule has 1 aliphatic heterocycles. The Morgan fingerprint density at radius 1 is 1.16 bits per heavy atom. The molecular weight excluding hydrogens is 312 g/mol. The Bertz CT molecular complexity index is 860. The van der Waals surface area contributed by atoms with E-state index in [0.717, 1.165) is 37.5 Å². The molecule has 3 heterocycles. The fraction of sp³-hybridized carbons (Fsp3) is 0.400. The average molecular weight is 336 g/mol. The van der Waals surface area contributed by atoms with Gasteiger partial charge in [-0.15, -0.1) is 0 Å². The van der Waals surface area contributed by atoms with Crippen LogP contribution < -0.4 is 0 Å². The second kappa shape index (κ2) is 6.94. The van der Waals surface area contributed by atoms with E-state index in [0.29, 0.717) is 11.8 Å². The van der Waals surface area contributed by atoms with Gasteiger partial charge in [-0.2, -0.15) is 5.10 Å². The molecule has 0 aliphatic carbocycles. The molecule has 0 saturated carbocycles. The van der Waals surface area contributed by atoms with E-state index in [-0.39, 0.29) is 0 Å². The number of pyridine rings is 1. The Kier molecular flexibility index (Phi) is 4.51. The first-order chi connectivity index (χ1) is 12.2. The van der Waals surface area contributed by atoms with Gasteiger partial charge < -0.3 is 4.74 Å². The first-order valence-electron chi connectivity index (χ1n) is 8.77. The van der Waals surface area contributed by atoms with Crippen molar-refractivity contribution in [2.45, 2.75) is 12.5 Å². The summed E-state index contributed by atoms with van der Waals surface area (Å²) >= 11 is 0. The Labute approximate surface area is 148 Å². The van der Waals surface area contributed by atoms with E-state index < -0.39 is 0 Å². The summed E-state index contributed by atoms with van der Waals surface area (Å²) in [5.74, 6) is 0.962. The summed E-state index contributed by atoms with van der Waals surface area (Å²) in [6.07, 6.45) is 4.12. The number of aromatic nitrogens is 3. The van der Waals surface area contributed by atoms with Crippen molar-refractivity contribution in [1.82, 2.24) is 19.7 Å². The summed E-state index contributed by atoms with van der Waals surface area (Å²) in [5.41, 5.74) is 3.50. The Hall–Kier alpha value is -2.24. The lowest BCUT2D eigenvalue weighted by molar-refractivity contribution is 0.147. The summed E-state index contributed by atoms with van der Waals surface area (Å²) in [7, 11) is 3.76. The SMILES string of the molecule is COC[C@@H]1CN(Cc2ccc3ccccc3n2)C[C@H]1c1cnn(C)c1. The van der Waals surface area contributed by atoms with Crippen molar-refractivity contribution < 1.29 is 4.74 Å². The molecule has 130 valence electrons. The van der Waals surface area contributed by atoms with E-state index in [1.807, 2.05) is 24.0 Å². The predicted molar refractivity (Wildman–Crippen MR) is 98.3 cm³/mol. The molecule has 5 nitrogen and oxygen atoms in total. The zero-order valence-electron chi connectivity index (χ0n) is 14.8. The van der Waals surface area contributed by atoms with Crippen molar-refractivity contribution >= 4 is 10.9 Å². The van der Waals surface area contributed by atoms with Crippen LogP contribution in [0.1, 0.15) is 17.2 Å². The van der Waals surface area contributed by atoms with Crippen LogP contribution in [-0.4, -0.2) is 46.5 Å². The number of para-hydroxylation sites is 1. The van der Waals surface area contributed by atoms with Gasteiger partial charge in [0.15, 0.2) is 0 Å². The smallest absolute Gasteiger partial charge is 0.0705 e. The van der Waals surface area contributed by atoms with E-state index in [4.69, 9.17) is 9.72 Å². The maximum Gasteiger partial charge on any atom is 0.0705 e. The molecule has 0 radical (unpaired) electrons. The third-order valence-electron chi connectivity index (χ3n) is 5.09. The molecule has 1 fully saturated rings. The highest BCUT2D eigenvalue weighted by molar-refractivity contribution is 5.78. The van der Waals surface area contributed by atoms with Gasteiger partial charge in [-0.05, 0) is 17.7 Å². The lowest BCUT2D eigenvalue weighted by Crippen LogP contribution is -2.21. The molecule has 25 heavy (non-hydrogen) atoms. The van der Waals surface area contributed by atoms with Crippen molar-refractivity contribution in [3.8, 4) is 0 Å². The molecule has 4 rings (SSSR count). The highest BCUT2D eigenvalue weighted by Gasteiger charge is 2.34. The minimum atomic E-state index is 0.467. The van der Waals surface area contributed by atoms with Gasteiger partial charge in [0.25, 0.3) is 0 Å². The van der Waals surface area contributed by atoms with Crippen LogP contribution in [0, 0.1) is 5.92 Å². The third-order valence-corrected chi connectivity index (χ3v) is 5.09. The lowest BCUT2D eigenvalue weighted by Gasteiger charge is -2.15. The first kappa shape index (κ1) is 16.2. The summed E-state index contributed by atoms with van der Waals surface area (Å²) in [6, 6.07) is 12.6. The summed E-state index contributed by atoms with van der Waals surface area (Å²) in [4.78, 5) is 7.31. The predicted octanol–water partition coefficient (Wildman–Crippen LogP) is 2.83. The van der Waals surface area contributed by atoms with Crippen molar-refractivity contribution in [3.05, 3.63) is 60.0 Å². The van der Waals surface area contributed by atoms with Gasteiger partial charge in [0, 0.05) is 57.2 Å². The number of likely N-dealkylation sites (tertiary alicyclic amines) is 1.